The summed E-state index contributed by atoms with van der Waals surface area (Å²) in [7, 11) is -2.94. The molecule has 1 aromatic rings. The van der Waals surface area contributed by atoms with Crippen molar-refractivity contribution in [1.29, 1.82) is 0 Å². The molecule has 94 valence electrons. The lowest BCUT2D eigenvalue weighted by atomic mass is 10.1. The number of sulfone groups is 1. The van der Waals surface area contributed by atoms with Gasteiger partial charge in [-0.1, -0.05) is 0 Å². The molecule has 1 aliphatic rings. The third-order valence-electron chi connectivity index (χ3n) is 2.97. The molecule has 7 heteroatoms. The topological polar surface area (TPSA) is 89.2 Å². The molecule has 0 radical (unpaired) electrons. The van der Waals surface area contributed by atoms with Crippen molar-refractivity contribution >= 4 is 15.7 Å². The Hall–Kier alpha value is -1.21. The number of nitrogens with two attached hydrogens (primary N) is 1. The van der Waals surface area contributed by atoms with E-state index in [1.807, 2.05) is 17.9 Å². The van der Waals surface area contributed by atoms with Crippen molar-refractivity contribution in [2.75, 3.05) is 24.2 Å². The van der Waals surface area contributed by atoms with Crippen LogP contribution in [0, 0.1) is 6.92 Å². The van der Waals surface area contributed by atoms with Crippen LogP contribution in [0.25, 0.3) is 0 Å². The Morgan fingerprint density at radius 1 is 1.47 bits per heavy atom. The lowest BCUT2D eigenvalue weighted by Crippen LogP contribution is -2.55. The number of hydrogen-bond acceptors (Lipinski definition) is 6. The zero-order chi connectivity index (χ0) is 12.6. The molecule has 0 unspecified atom stereocenters. The molecule has 2 rings (SSSR count). The summed E-state index contributed by atoms with van der Waals surface area (Å²) < 4.78 is 22.6. The quantitative estimate of drug-likeness (QED) is 0.782. The zero-order valence-corrected chi connectivity index (χ0v) is 10.7. The van der Waals surface area contributed by atoms with E-state index in [0.29, 0.717) is 19.6 Å². The van der Waals surface area contributed by atoms with E-state index < -0.39 is 9.84 Å². The van der Waals surface area contributed by atoms with Crippen molar-refractivity contribution in [3.05, 3.63) is 17.3 Å². The van der Waals surface area contributed by atoms with E-state index in [9.17, 15) is 8.42 Å². The van der Waals surface area contributed by atoms with Gasteiger partial charge in [-0.2, -0.15) is 5.10 Å². The molecule has 0 amide bonds. The van der Waals surface area contributed by atoms with Crippen molar-refractivity contribution in [1.82, 2.24) is 10.2 Å². The highest BCUT2D eigenvalue weighted by Crippen LogP contribution is 2.24. The van der Waals surface area contributed by atoms with Crippen molar-refractivity contribution < 1.29 is 8.42 Å². The summed E-state index contributed by atoms with van der Waals surface area (Å²) in [5.74, 6) is 0.752. The van der Waals surface area contributed by atoms with Crippen molar-refractivity contribution in [3.63, 3.8) is 0 Å². The smallest absolute Gasteiger partial charge is 0.154 e. The summed E-state index contributed by atoms with van der Waals surface area (Å²) in [4.78, 5) is 1.92. The lowest BCUT2D eigenvalue weighted by Gasteiger charge is -2.39. The fourth-order valence-electron chi connectivity index (χ4n) is 1.83. The van der Waals surface area contributed by atoms with Crippen LogP contribution >= 0.6 is 0 Å². The number of nitrogens with zero attached hydrogens (tertiary/aromatic N) is 3. The fraction of sp³-hybridized carbons (Fsp3) is 0.600. The molecule has 0 aliphatic carbocycles. The normalized spacial score (nSPS) is 17.0. The summed E-state index contributed by atoms with van der Waals surface area (Å²) >= 11 is 0. The molecule has 0 atom stereocenters. The maximum Gasteiger partial charge on any atom is 0.154 e. The molecular formula is C10H16N4O2S. The Kier molecular flexibility index (Phi) is 3.05. The second kappa shape index (κ2) is 4.23. The molecule has 2 heterocycles. The minimum absolute atomic E-state index is 0.280. The maximum atomic E-state index is 11.3. The van der Waals surface area contributed by atoms with Gasteiger partial charge in [-0.15, -0.1) is 5.10 Å². The van der Waals surface area contributed by atoms with Gasteiger partial charge in [0.05, 0.1) is 10.9 Å². The van der Waals surface area contributed by atoms with Crippen LogP contribution in [0.2, 0.25) is 0 Å². The van der Waals surface area contributed by atoms with Gasteiger partial charge in [-0.25, -0.2) is 8.42 Å². The highest BCUT2D eigenvalue weighted by molar-refractivity contribution is 7.91. The molecule has 1 aliphatic heterocycles. The molecule has 0 bridgehead atoms. The SMILES string of the molecule is Cc1cc(CN)nnc1N1CC(S(C)(=O)=O)C1. The molecular weight excluding hydrogens is 240 g/mol. The van der Waals surface area contributed by atoms with Crippen molar-refractivity contribution in [2.45, 2.75) is 18.7 Å². The molecule has 0 spiro atoms. The second-order valence-electron chi connectivity index (χ2n) is 4.40. The first-order valence-electron chi connectivity index (χ1n) is 5.39. The fourth-order valence-corrected chi connectivity index (χ4v) is 2.73. The first-order valence-corrected chi connectivity index (χ1v) is 7.34. The van der Waals surface area contributed by atoms with Crippen LogP contribution in [0.4, 0.5) is 5.82 Å². The summed E-state index contributed by atoms with van der Waals surface area (Å²) in [6, 6.07) is 1.89. The number of hydrogen-bond donors (Lipinski definition) is 1. The molecule has 0 aromatic carbocycles. The van der Waals surface area contributed by atoms with Crippen LogP contribution < -0.4 is 10.6 Å². The standard InChI is InChI=1S/C10H16N4O2S/c1-7-3-8(4-11)12-13-10(7)14-5-9(6-14)17(2,15)16/h3,9H,4-6,11H2,1-2H3. The largest absolute Gasteiger partial charge is 0.352 e. The van der Waals surface area contributed by atoms with Crippen LogP contribution in [0.5, 0.6) is 0 Å². The number of aromatic nitrogens is 2. The van der Waals surface area contributed by atoms with Gasteiger partial charge >= 0.3 is 0 Å². The minimum Gasteiger partial charge on any atom is -0.352 e. The van der Waals surface area contributed by atoms with Crippen molar-refractivity contribution in [3.8, 4) is 0 Å². The average Bonchev–Trinajstić information content (AvgIpc) is 2.16. The number of anilines is 1. The van der Waals surface area contributed by atoms with Gasteiger partial charge in [0.2, 0.25) is 0 Å². The summed E-state index contributed by atoms with van der Waals surface area (Å²) in [6.45, 7) is 3.28. The van der Waals surface area contributed by atoms with Crippen LogP contribution in [-0.2, 0) is 16.4 Å². The van der Waals surface area contributed by atoms with E-state index in [1.54, 1.807) is 0 Å². The molecule has 1 saturated heterocycles. The highest BCUT2D eigenvalue weighted by atomic mass is 32.2. The van der Waals surface area contributed by atoms with E-state index in [1.165, 1.54) is 6.26 Å². The van der Waals surface area contributed by atoms with Gasteiger partial charge < -0.3 is 10.6 Å². The van der Waals surface area contributed by atoms with Crippen molar-refractivity contribution in [2.24, 2.45) is 5.73 Å². The van der Waals surface area contributed by atoms with Gasteiger partial charge in [0.15, 0.2) is 15.7 Å². The average molecular weight is 256 g/mol. The second-order valence-corrected chi connectivity index (χ2v) is 6.73. The third-order valence-corrected chi connectivity index (χ3v) is 4.48. The van der Waals surface area contributed by atoms with Crippen LogP contribution in [0.1, 0.15) is 11.3 Å². The van der Waals surface area contributed by atoms with E-state index in [2.05, 4.69) is 10.2 Å². The molecule has 0 saturated carbocycles. The van der Waals surface area contributed by atoms with Gasteiger partial charge in [0, 0.05) is 25.9 Å². The zero-order valence-electron chi connectivity index (χ0n) is 9.92. The monoisotopic (exact) mass is 256 g/mol. The van der Waals surface area contributed by atoms with Gasteiger partial charge in [-0.05, 0) is 18.6 Å². The number of rotatable bonds is 3. The van der Waals surface area contributed by atoms with Crippen LogP contribution in [0.3, 0.4) is 0 Å². The molecule has 1 aromatic heterocycles. The maximum absolute atomic E-state index is 11.3. The van der Waals surface area contributed by atoms with E-state index >= 15 is 0 Å². The van der Waals surface area contributed by atoms with Crippen LogP contribution in [-0.4, -0.2) is 43.2 Å². The summed E-state index contributed by atoms with van der Waals surface area (Å²) in [5, 5.41) is 7.79. The number of aryl methyl sites for hydroxylation is 1. The predicted octanol–water partition coefficient (Wildman–Crippen LogP) is -0.523. The van der Waals surface area contributed by atoms with Gasteiger partial charge in [0.1, 0.15) is 0 Å². The molecule has 2 N–H and O–H groups in total. The van der Waals surface area contributed by atoms with E-state index in [0.717, 1.165) is 17.1 Å². The molecule has 1 fully saturated rings. The Bertz CT molecular complexity index is 523. The molecule has 6 nitrogen and oxygen atoms in total. The van der Waals surface area contributed by atoms with E-state index in [-0.39, 0.29) is 5.25 Å². The third kappa shape index (κ3) is 2.39. The lowest BCUT2D eigenvalue weighted by molar-refractivity contribution is 0.542. The Balaban J connectivity index is 2.12. The van der Waals surface area contributed by atoms with Gasteiger partial charge in [0.25, 0.3) is 0 Å². The predicted molar refractivity (Wildman–Crippen MR) is 65.5 cm³/mol. The highest BCUT2D eigenvalue weighted by Gasteiger charge is 2.35. The first-order chi connectivity index (χ1) is 7.91. The first kappa shape index (κ1) is 12.3. The van der Waals surface area contributed by atoms with Crippen LogP contribution in [0.15, 0.2) is 6.07 Å². The van der Waals surface area contributed by atoms with Gasteiger partial charge in [-0.3, -0.25) is 0 Å². The Labute approximate surface area is 101 Å². The summed E-state index contributed by atoms with van der Waals surface area (Å²) in [5.41, 5.74) is 7.20. The molecule has 17 heavy (non-hydrogen) atoms. The van der Waals surface area contributed by atoms with E-state index in [4.69, 9.17) is 5.73 Å². The summed E-state index contributed by atoms with van der Waals surface area (Å²) in [6.07, 6.45) is 1.27. The minimum atomic E-state index is -2.94. The Morgan fingerprint density at radius 3 is 2.59 bits per heavy atom. The Morgan fingerprint density at radius 2 is 2.12 bits per heavy atom.